The Labute approximate surface area is 235 Å². The highest BCUT2D eigenvalue weighted by Gasteiger charge is 2.35. The van der Waals surface area contributed by atoms with Gasteiger partial charge < -0.3 is 0 Å². The van der Waals surface area contributed by atoms with E-state index in [9.17, 15) is 26.9 Å². The standard InChI is InChI=1S/C29H37N3O6S2/c1-17-9-18(2)12-23(11-17)39(35,36)21-5-7-24-26(13-21)29(31-34)27-14-22(6-8-25(27)28(24)30-33)40(37,38)32-15-19(3)10-20(4)16-32/h5-8,13-14,17-20,23,30,33H,9-12,15-16H2,1-4H3/t17-,18+,19-,20+,23?. The molecule has 1 aliphatic carbocycles. The van der Waals surface area contributed by atoms with Crippen molar-refractivity contribution in [2.75, 3.05) is 18.6 Å². The number of hydrogen-bond acceptors (Lipinski definition) is 8. The number of nitroso groups, excluding NO2 is 1. The van der Waals surface area contributed by atoms with Gasteiger partial charge in [-0.3, -0.25) is 10.7 Å². The molecule has 0 bridgehead atoms. The molecule has 3 aromatic carbocycles. The van der Waals surface area contributed by atoms with Crippen molar-refractivity contribution in [3.8, 4) is 0 Å². The van der Waals surface area contributed by atoms with Crippen LogP contribution in [0.15, 0.2) is 51.4 Å². The summed E-state index contributed by atoms with van der Waals surface area (Å²) in [6, 6.07) is 8.90. The van der Waals surface area contributed by atoms with Crippen molar-refractivity contribution in [3.63, 3.8) is 0 Å². The Morgan fingerprint density at radius 1 is 0.750 bits per heavy atom. The number of fused-ring (bicyclic) bond motifs is 2. The predicted molar refractivity (Wildman–Crippen MR) is 157 cm³/mol. The Hall–Kier alpha value is -2.60. The van der Waals surface area contributed by atoms with Gasteiger partial charge in [0.1, 0.15) is 5.69 Å². The maximum Gasteiger partial charge on any atom is 0.243 e. The number of nitrogens with one attached hydrogen (secondary N) is 1. The molecule has 40 heavy (non-hydrogen) atoms. The number of sulfonamides is 1. The van der Waals surface area contributed by atoms with Gasteiger partial charge in [0.05, 0.1) is 20.7 Å². The molecule has 5 atom stereocenters. The van der Waals surface area contributed by atoms with Crippen molar-refractivity contribution < 1.29 is 22.0 Å². The van der Waals surface area contributed by atoms with Crippen LogP contribution in [0.2, 0.25) is 0 Å². The summed E-state index contributed by atoms with van der Waals surface area (Å²) in [6.07, 6.45) is 3.07. The van der Waals surface area contributed by atoms with E-state index in [4.69, 9.17) is 0 Å². The molecule has 0 radical (unpaired) electrons. The van der Waals surface area contributed by atoms with Gasteiger partial charge in [-0.15, -0.1) is 4.91 Å². The van der Waals surface area contributed by atoms with Gasteiger partial charge in [0.2, 0.25) is 10.0 Å². The summed E-state index contributed by atoms with van der Waals surface area (Å²) in [5, 5.41) is 14.1. The first kappa shape index (κ1) is 28.9. The fourth-order valence-electron chi connectivity index (χ4n) is 6.99. The summed E-state index contributed by atoms with van der Waals surface area (Å²) in [5.74, 6) is 1.01. The Kier molecular flexibility index (Phi) is 7.71. The first-order valence-electron chi connectivity index (χ1n) is 13.9. The maximum absolute atomic E-state index is 13.7. The second-order valence-electron chi connectivity index (χ2n) is 12.2. The number of anilines is 1. The minimum atomic E-state index is -3.86. The van der Waals surface area contributed by atoms with Crippen molar-refractivity contribution in [1.82, 2.24) is 4.31 Å². The molecule has 1 heterocycles. The Balaban J connectivity index is 1.68. The normalized spacial score (nSPS) is 26.7. The van der Waals surface area contributed by atoms with Crippen LogP contribution in [-0.4, -0.2) is 44.7 Å². The summed E-state index contributed by atoms with van der Waals surface area (Å²) in [4.78, 5) is 12.4. The molecular weight excluding hydrogens is 550 g/mol. The molecule has 2 fully saturated rings. The van der Waals surface area contributed by atoms with E-state index in [1.165, 1.54) is 28.6 Å². The van der Waals surface area contributed by atoms with Gasteiger partial charge in [0, 0.05) is 34.6 Å². The molecule has 1 unspecified atom stereocenters. The zero-order chi connectivity index (χ0) is 29.0. The molecule has 3 aromatic rings. The molecule has 5 rings (SSSR count). The van der Waals surface area contributed by atoms with Gasteiger partial charge in [0.15, 0.2) is 9.84 Å². The fraction of sp³-hybridized carbons (Fsp3) is 0.517. The van der Waals surface area contributed by atoms with Gasteiger partial charge in [0.25, 0.3) is 0 Å². The predicted octanol–water partition coefficient (Wildman–Crippen LogP) is 6.46. The monoisotopic (exact) mass is 587 g/mol. The number of rotatable bonds is 6. The Morgan fingerprint density at radius 2 is 1.25 bits per heavy atom. The molecule has 1 saturated heterocycles. The van der Waals surface area contributed by atoms with Crippen molar-refractivity contribution >= 4 is 52.8 Å². The largest absolute Gasteiger partial charge is 0.291 e. The molecular formula is C29H37N3O6S2. The second-order valence-corrected chi connectivity index (χ2v) is 16.4. The van der Waals surface area contributed by atoms with Gasteiger partial charge in [-0.05, 0) is 78.8 Å². The summed E-state index contributed by atoms with van der Waals surface area (Å²) in [5.41, 5.74) is 2.35. The highest BCUT2D eigenvalue weighted by molar-refractivity contribution is 7.92. The van der Waals surface area contributed by atoms with E-state index in [2.05, 4.69) is 24.5 Å². The summed E-state index contributed by atoms with van der Waals surface area (Å²) < 4.78 is 56.1. The Bertz CT molecular complexity index is 1550. The van der Waals surface area contributed by atoms with E-state index in [1.807, 2.05) is 13.8 Å². The molecule has 0 aromatic heterocycles. The van der Waals surface area contributed by atoms with Crippen LogP contribution in [0.3, 0.4) is 0 Å². The van der Waals surface area contributed by atoms with E-state index >= 15 is 0 Å². The summed E-state index contributed by atoms with van der Waals surface area (Å²) in [6.45, 7) is 9.00. The van der Waals surface area contributed by atoms with Crippen molar-refractivity contribution in [1.29, 1.82) is 0 Å². The fourth-order valence-corrected chi connectivity index (χ4v) is 10.8. The second kappa shape index (κ2) is 10.7. The molecule has 0 amide bonds. The third kappa shape index (κ3) is 5.01. The average molecular weight is 588 g/mol. The number of piperidine rings is 1. The van der Waals surface area contributed by atoms with Gasteiger partial charge >= 0.3 is 0 Å². The van der Waals surface area contributed by atoms with E-state index < -0.39 is 25.1 Å². The van der Waals surface area contributed by atoms with Crippen molar-refractivity contribution in [2.45, 2.75) is 68.4 Å². The van der Waals surface area contributed by atoms with Crippen LogP contribution in [0.4, 0.5) is 11.4 Å². The van der Waals surface area contributed by atoms with Crippen LogP contribution in [-0.2, 0) is 19.9 Å². The zero-order valence-corrected chi connectivity index (χ0v) is 24.9. The van der Waals surface area contributed by atoms with Crippen LogP contribution in [0.25, 0.3) is 21.5 Å². The van der Waals surface area contributed by atoms with E-state index in [0.717, 1.165) is 12.8 Å². The Morgan fingerprint density at radius 3 is 1.77 bits per heavy atom. The lowest BCUT2D eigenvalue weighted by atomic mass is 9.83. The first-order chi connectivity index (χ1) is 18.9. The number of benzene rings is 3. The third-order valence-electron chi connectivity index (χ3n) is 8.61. The highest BCUT2D eigenvalue weighted by Crippen LogP contribution is 2.44. The molecule has 1 saturated carbocycles. The smallest absolute Gasteiger partial charge is 0.243 e. The average Bonchev–Trinajstić information content (AvgIpc) is 2.89. The molecule has 9 nitrogen and oxygen atoms in total. The van der Waals surface area contributed by atoms with Crippen molar-refractivity contribution in [3.05, 3.63) is 41.3 Å². The highest BCUT2D eigenvalue weighted by atomic mass is 32.2. The van der Waals surface area contributed by atoms with Crippen LogP contribution in [0.1, 0.15) is 53.4 Å². The lowest BCUT2D eigenvalue weighted by molar-refractivity contribution is 0.222. The van der Waals surface area contributed by atoms with Gasteiger partial charge in [-0.2, -0.15) is 4.31 Å². The van der Waals surface area contributed by atoms with Gasteiger partial charge in [-0.25, -0.2) is 16.8 Å². The molecule has 216 valence electrons. The maximum atomic E-state index is 13.7. The molecule has 11 heteroatoms. The minimum Gasteiger partial charge on any atom is -0.291 e. The number of sulfone groups is 1. The van der Waals surface area contributed by atoms with Crippen LogP contribution < -0.4 is 5.48 Å². The SMILES string of the molecule is C[C@@H]1CC(S(=O)(=O)c2ccc3c(NO)c4ccc(S(=O)(=O)N5C[C@H](C)C[C@H](C)C5)cc4c(N=O)c3c2)C[C@H](C)C1. The van der Waals surface area contributed by atoms with Gasteiger partial charge in [-0.1, -0.05) is 39.8 Å². The third-order valence-corrected chi connectivity index (χ3v) is 12.6. The summed E-state index contributed by atoms with van der Waals surface area (Å²) in [7, 11) is -7.57. The number of nitrogens with zero attached hydrogens (tertiary/aromatic N) is 2. The van der Waals surface area contributed by atoms with Crippen molar-refractivity contribution in [2.24, 2.45) is 28.8 Å². The lowest BCUT2D eigenvalue weighted by Crippen LogP contribution is -2.42. The van der Waals surface area contributed by atoms with Crippen LogP contribution in [0, 0.1) is 28.6 Å². The molecule has 1 aliphatic heterocycles. The van der Waals surface area contributed by atoms with Crippen LogP contribution in [0.5, 0.6) is 0 Å². The first-order valence-corrected chi connectivity index (χ1v) is 16.9. The topological polar surface area (TPSA) is 133 Å². The minimum absolute atomic E-state index is 0.0170. The van der Waals surface area contributed by atoms with E-state index in [0.29, 0.717) is 36.7 Å². The van der Waals surface area contributed by atoms with Crippen LogP contribution >= 0.6 is 0 Å². The number of hydrogen-bond donors (Lipinski definition) is 2. The molecule has 2 aliphatic rings. The lowest BCUT2D eigenvalue weighted by Gasteiger charge is -2.34. The van der Waals surface area contributed by atoms with E-state index in [1.54, 1.807) is 12.1 Å². The molecule has 0 spiro atoms. The summed E-state index contributed by atoms with van der Waals surface area (Å²) >= 11 is 0. The quantitative estimate of drug-likeness (QED) is 0.192. The molecule has 2 N–H and O–H groups in total. The zero-order valence-electron chi connectivity index (χ0n) is 23.3. The van der Waals surface area contributed by atoms with E-state index in [-0.39, 0.29) is 55.6 Å².